The smallest absolute Gasteiger partial charge is 0.253 e. The first kappa shape index (κ1) is 13.2. The average molecular weight is 278 g/mol. The summed E-state index contributed by atoms with van der Waals surface area (Å²) in [7, 11) is 0. The molecule has 2 aliphatic heterocycles. The molecule has 20 heavy (non-hydrogen) atoms. The molecule has 0 aliphatic carbocycles. The maximum Gasteiger partial charge on any atom is 0.253 e. The number of anilines is 1. The van der Waals surface area contributed by atoms with Gasteiger partial charge in [0, 0.05) is 18.3 Å². The summed E-state index contributed by atoms with van der Waals surface area (Å²) in [5, 5.41) is 2.84. The van der Waals surface area contributed by atoms with E-state index in [1.165, 1.54) is 0 Å². The van der Waals surface area contributed by atoms with Gasteiger partial charge in [-0.2, -0.15) is 0 Å². The first-order chi connectivity index (χ1) is 9.76. The van der Waals surface area contributed by atoms with E-state index in [0.717, 1.165) is 6.42 Å². The Kier molecular flexibility index (Phi) is 3.75. The first-order valence-electron chi connectivity index (χ1n) is 6.82. The number of nitrogens with one attached hydrogen (secondary N) is 1. The van der Waals surface area contributed by atoms with Crippen molar-refractivity contribution in [1.29, 1.82) is 0 Å². The second kappa shape index (κ2) is 5.68. The van der Waals surface area contributed by atoms with Crippen molar-refractivity contribution >= 4 is 11.6 Å². The van der Waals surface area contributed by atoms with Crippen LogP contribution in [0.4, 0.5) is 5.69 Å². The number of carbonyl (C=O) groups is 1. The van der Waals surface area contributed by atoms with Crippen LogP contribution in [0, 0.1) is 0 Å². The maximum atomic E-state index is 12.1. The molecule has 1 aromatic carbocycles. The Labute approximate surface area is 117 Å². The first-order valence-corrected chi connectivity index (χ1v) is 6.82. The highest BCUT2D eigenvalue weighted by Gasteiger charge is 2.30. The van der Waals surface area contributed by atoms with E-state index in [1.807, 2.05) is 0 Å². The summed E-state index contributed by atoms with van der Waals surface area (Å²) in [6, 6.07) is 5.35. The number of amides is 1. The van der Waals surface area contributed by atoms with E-state index in [9.17, 15) is 4.79 Å². The van der Waals surface area contributed by atoms with Crippen LogP contribution in [0.15, 0.2) is 18.2 Å². The molecule has 2 atom stereocenters. The minimum absolute atomic E-state index is 0.00832. The lowest BCUT2D eigenvalue weighted by molar-refractivity contribution is -0.126. The molecule has 0 bridgehead atoms. The van der Waals surface area contributed by atoms with Crippen LogP contribution in [-0.2, 0) is 9.53 Å². The van der Waals surface area contributed by atoms with Gasteiger partial charge in [-0.3, -0.25) is 4.79 Å². The van der Waals surface area contributed by atoms with E-state index >= 15 is 0 Å². The third-order valence-electron chi connectivity index (χ3n) is 3.47. The molecule has 6 nitrogen and oxygen atoms in total. The van der Waals surface area contributed by atoms with Crippen molar-refractivity contribution in [1.82, 2.24) is 0 Å². The predicted octanol–water partition coefficient (Wildman–Crippen LogP) is 0.903. The van der Waals surface area contributed by atoms with E-state index < -0.39 is 6.10 Å². The zero-order valence-corrected chi connectivity index (χ0v) is 11.1. The molecule has 0 radical (unpaired) electrons. The van der Waals surface area contributed by atoms with Crippen molar-refractivity contribution in [2.75, 3.05) is 25.1 Å². The SMILES string of the molecule is NCC1CCC(C(=O)Nc2ccc3c(c2)OCCO3)O1. The summed E-state index contributed by atoms with van der Waals surface area (Å²) in [4.78, 5) is 12.1. The molecular weight excluding hydrogens is 260 g/mol. The summed E-state index contributed by atoms with van der Waals surface area (Å²) in [6.45, 7) is 1.53. The summed E-state index contributed by atoms with van der Waals surface area (Å²) >= 11 is 0. The number of hydrogen-bond acceptors (Lipinski definition) is 5. The Morgan fingerprint density at radius 3 is 2.80 bits per heavy atom. The van der Waals surface area contributed by atoms with E-state index in [4.69, 9.17) is 19.9 Å². The number of fused-ring (bicyclic) bond motifs is 1. The Bertz CT molecular complexity index is 506. The highest BCUT2D eigenvalue weighted by Crippen LogP contribution is 2.32. The normalized spacial score (nSPS) is 24.4. The van der Waals surface area contributed by atoms with Gasteiger partial charge in [-0.1, -0.05) is 0 Å². The Balaban J connectivity index is 1.64. The summed E-state index contributed by atoms with van der Waals surface area (Å²) < 4.78 is 16.5. The number of rotatable bonds is 3. The van der Waals surface area contributed by atoms with Crippen LogP contribution in [0.3, 0.4) is 0 Å². The van der Waals surface area contributed by atoms with Crippen LogP contribution in [-0.4, -0.2) is 37.9 Å². The van der Waals surface area contributed by atoms with Gasteiger partial charge in [0.15, 0.2) is 11.5 Å². The number of benzene rings is 1. The fraction of sp³-hybridized carbons (Fsp3) is 0.500. The molecule has 2 heterocycles. The zero-order valence-electron chi connectivity index (χ0n) is 11.1. The molecule has 6 heteroatoms. The number of nitrogens with two attached hydrogens (primary N) is 1. The number of carbonyl (C=O) groups excluding carboxylic acids is 1. The molecule has 3 rings (SSSR count). The predicted molar refractivity (Wildman–Crippen MR) is 73.0 cm³/mol. The third kappa shape index (κ3) is 2.71. The molecule has 1 fully saturated rings. The summed E-state index contributed by atoms with van der Waals surface area (Å²) in [6.07, 6.45) is 1.11. The third-order valence-corrected chi connectivity index (χ3v) is 3.47. The fourth-order valence-electron chi connectivity index (χ4n) is 2.42. The van der Waals surface area contributed by atoms with Gasteiger partial charge in [0.25, 0.3) is 5.91 Å². The van der Waals surface area contributed by atoms with Gasteiger partial charge in [-0.25, -0.2) is 0 Å². The molecule has 2 unspecified atom stereocenters. The highest BCUT2D eigenvalue weighted by molar-refractivity contribution is 5.94. The monoisotopic (exact) mass is 278 g/mol. The van der Waals surface area contributed by atoms with Crippen LogP contribution in [0.1, 0.15) is 12.8 Å². The second-order valence-electron chi connectivity index (χ2n) is 4.91. The topological polar surface area (TPSA) is 82.8 Å². The van der Waals surface area contributed by atoms with Crippen LogP contribution in [0.25, 0.3) is 0 Å². The van der Waals surface area contributed by atoms with E-state index in [0.29, 0.717) is 43.4 Å². The maximum absolute atomic E-state index is 12.1. The lowest BCUT2D eigenvalue weighted by Crippen LogP contribution is -2.29. The van der Waals surface area contributed by atoms with Gasteiger partial charge in [-0.15, -0.1) is 0 Å². The molecule has 1 saturated heterocycles. The number of hydrogen-bond donors (Lipinski definition) is 2. The van der Waals surface area contributed by atoms with Crippen LogP contribution in [0.2, 0.25) is 0 Å². The molecule has 0 saturated carbocycles. The molecule has 3 N–H and O–H groups in total. The Hall–Kier alpha value is -1.79. The van der Waals surface area contributed by atoms with Gasteiger partial charge in [0.2, 0.25) is 0 Å². The van der Waals surface area contributed by atoms with Gasteiger partial charge in [0.1, 0.15) is 19.3 Å². The van der Waals surface area contributed by atoms with Gasteiger partial charge in [0.05, 0.1) is 6.10 Å². The van der Waals surface area contributed by atoms with Crippen molar-refractivity contribution in [3.05, 3.63) is 18.2 Å². The Morgan fingerprint density at radius 2 is 2.05 bits per heavy atom. The van der Waals surface area contributed by atoms with E-state index in [1.54, 1.807) is 18.2 Å². The largest absolute Gasteiger partial charge is 0.486 e. The van der Waals surface area contributed by atoms with Crippen molar-refractivity contribution in [3.8, 4) is 11.5 Å². The minimum Gasteiger partial charge on any atom is -0.486 e. The molecule has 1 aromatic rings. The van der Waals surface area contributed by atoms with Crippen LogP contribution in [0.5, 0.6) is 11.5 Å². The molecule has 0 aromatic heterocycles. The van der Waals surface area contributed by atoms with Gasteiger partial charge in [-0.05, 0) is 25.0 Å². The highest BCUT2D eigenvalue weighted by atomic mass is 16.6. The molecular formula is C14H18N2O4. The molecule has 108 valence electrons. The summed E-state index contributed by atoms with van der Waals surface area (Å²) in [5.41, 5.74) is 6.22. The quantitative estimate of drug-likeness (QED) is 0.858. The van der Waals surface area contributed by atoms with Crippen LogP contribution < -0.4 is 20.5 Å². The van der Waals surface area contributed by atoms with E-state index in [2.05, 4.69) is 5.32 Å². The van der Waals surface area contributed by atoms with Gasteiger partial charge >= 0.3 is 0 Å². The lowest BCUT2D eigenvalue weighted by Gasteiger charge is -2.19. The average Bonchev–Trinajstić information content (AvgIpc) is 2.96. The fourth-order valence-corrected chi connectivity index (χ4v) is 2.42. The molecule has 2 aliphatic rings. The lowest BCUT2D eigenvalue weighted by atomic mass is 10.2. The van der Waals surface area contributed by atoms with Crippen LogP contribution >= 0.6 is 0 Å². The van der Waals surface area contributed by atoms with Gasteiger partial charge < -0.3 is 25.3 Å². The number of ether oxygens (including phenoxy) is 3. The Morgan fingerprint density at radius 1 is 1.25 bits per heavy atom. The van der Waals surface area contributed by atoms with Crippen molar-refractivity contribution in [2.24, 2.45) is 5.73 Å². The van der Waals surface area contributed by atoms with Crippen molar-refractivity contribution < 1.29 is 19.0 Å². The van der Waals surface area contributed by atoms with E-state index in [-0.39, 0.29) is 12.0 Å². The minimum atomic E-state index is -0.420. The van der Waals surface area contributed by atoms with Crippen molar-refractivity contribution in [2.45, 2.75) is 25.0 Å². The van der Waals surface area contributed by atoms with Crippen molar-refractivity contribution in [3.63, 3.8) is 0 Å². The second-order valence-corrected chi connectivity index (χ2v) is 4.91. The standard InChI is InChI=1S/C14H18N2O4/c15-8-10-2-4-12(20-10)14(17)16-9-1-3-11-13(7-9)19-6-5-18-11/h1,3,7,10,12H,2,4-6,8,15H2,(H,16,17). The molecule has 0 spiro atoms. The molecule has 1 amide bonds. The summed E-state index contributed by atoms with van der Waals surface area (Å²) in [5.74, 6) is 1.22. The zero-order chi connectivity index (χ0) is 13.9.